The minimum Gasteiger partial charge on any atom is -0.507 e. The number of anilines is 1. The number of H-pyrrole nitrogens is 1. The summed E-state index contributed by atoms with van der Waals surface area (Å²) in [5.41, 5.74) is 0.727. The molecule has 12 nitrogen and oxygen atoms in total. The van der Waals surface area contributed by atoms with Gasteiger partial charge in [-0.25, -0.2) is 4.79 Å². The Kier molecular flexibility index (Phi) is 7.05. The Morgan fingerprint density at radius 1 is 1.34 bits per heavy atom. The molecule has 4 rings (SSSR count). The average Bonchev–Trinajstić information content (AvgIpc) is 3.46. The van der Waals surface area contributed by atoms with Crippen LogP contribution in [0.1, 0.15) is 41.2 Å². The lowest BCUT2D eigenvalue weighted by Crippen LogP contribution is -2.50. The molecule has 1 aliphatic carbocycles. The number of nitrogens with one attached hydrogen (secondary N) is 2. The summed E-state index contributed by atoms with van der Waals surface area (Å²) in [5.74, 6) is -0.242. The van der Waals surface area contributed by atoms with Crippen LogP contribution in [0.3, 0.4) is 0 Å². The van der Waals surface area contributed by atoms with E-state index in [1.807, 2.05) is 0 Å². The zero-order chi connectivity index (χ0) is 24.9. The summed E-state index contributed by atoms with van der Waals surface area (Å²) < 4.78 is 16.0. The molecule has 35 heavy (non-hydrogen) atoms. The molecular weight excluding hydrogens is 458 g/mol. The second kappa shape index (κ2) is 10.3. The van der Waals surface area contributed by atoms with Gasteiger partial charge in [0.2, 0.25) is 0 Å². The number of amides is 2. The second-order valence-corrected chi connectivity index (χ2v) is 8.47. The number of nitrogens with zero attached hydrogens (tertiary/aromatic N) is 3. The van der Waals surface area contributed by atoms with Gasteiger partial charge in [0.1, 0.15) is 23.4 Å². The summed E-state index contributed by atoms with van der Waals surface area (Å²) in [5, 5.41) is 28.4. The Morgan fingerprint density at radius 2 is 2.14 bits per heavy atom. The van der Waals surface area contributed by atoms with Crippen LogP contribution in [0.4, 0.5) is 10.6 Å². The van der Waals surface area contributed by atoms with E-state index in [0.29, 0.717) is 38.0 Å². The molecule has 1 saturated heterocycles. The molecule has 1 aromatic heterocycles. The van der Waals surface area contributed by atoms with Crippen LogP contribution in [-0.4, -0.2) is 71.4 Å². The van der Waals surface area contributed by atoms with Crippen molar-refractivity contribution in [2.24, 2.45) is 5.92 Å². The maximum absolute atomic E-state index is 12.3. The molecule has 2 heterocycles. The summed E-state index contributed by atoms with van der Waals surface area (Å²) in [4.78, 5) is 37.2. The van der Waals surface area contributed by atoms with Crippen molar-refractivity contribution in [3.8, 4) is 23.3 Å². The number of hydrogen-bond donors (Lipinski definition) is 3. The van der Waals surface area contributed by atoms with Gasteiger partial charge in [-0.2, -0.15) is 10.4 Å². The van der Waals surface area contributed by atoms with Crippen molar-refractivity contribution in [3.63, 3.8) is 0 Å². The summed E-state index contributed by atoms with van der Waals surface area (Å²) >= 11 is 0. The van der Waals surface area contributed by atoms with Crippen LogP contribution >= 0.6 is 0 Å². The van der Waals surface area contributed by atoms with E-state index in [-0.39, 0.29) is 46.8 Å². The highest BCUT2D eigenvalue weighted by atomic mass is 16.6. The smallest absolute Gasteiger partial charge is 0.410 e. The average molecular weight is 483 g/mol. The molecule has 0 unspecified atom stereocenters. The third-order valence-corrected chi connectivity index (χ3v) is 6.09. The number of carbonyl (C=O) groups excluding carboxylic acids is 3. The number of phenolic OH excluding ortho intramolecular Hbond substituents is 1. The number of hydrogen-bond acceptors (Lipinski definition) is 9. The monoisotopic (exact) mass is 483 g/mol. The van der Waals surface area contributed by atoms with E-state index in [9.17, 15) is 19.5 Å². The molecule has 1 saturated carbocycles. The summed E-state index contributed by atoms with van der Waals surface area (Å²) in [6.07, 6.45) is 1.98. The van der Waals surface area contributed by atoms with Crippen molar-refractivity contribution in [1.29, 1.82) is 5.26 Å². The number of phenols is 1. The molecule has 0 spiro atoms. The minimum atomic E-state index is -0.509. The van der Waals surface area contributed by atoms with E-state index < -0.39 is 12.5 Å². The zero-order valence-corrected chi connectivity index (χ0v) is 19.0. The molecule has 0 bridgehead atoms. The predicted molar refractivity (Wildman–Crippen MR) is 120 cm³/mol. The highest BCUT2D eigenvalue weighted by Crippen LogP contribution is 2.36. The van der Waals surface area contributed by atoms with Gasteiger partial charge in [-0.05, 0) is 19.3 Å². The largest absolute Gasteiger partial charge is 0.507 e. The number of rotatable bonds is 8. The number of ether oxygens (including phenoxy) is 3. The molecule has 2 aliphatic rings. The van der Waals surface area contributed by atoms with Crippen LogP contribution in [0.5, 0.6) is 17.2 Å². The van der Waals surface area contributed by atoms with E-state index in [1.165, 1.54) is 24.1 Å². The lowest BCUT2D eigenvalue weighted by Gasteiger charge is -2.34. The van der Waals surface area contributed by atoms with Gasteiger partial charge in [0.05, 0.1) is 24.7 Å². The molecule has 2 amide bonds. The highest BCUT2D eigenvalue weighted by Gasteiger charge is 2.35. The predicted octanol–water partition coefficient (Wildman–Crippen LogP) is 2.18. The Bertz CT molecular complexity index is 1150. The van der Waals surface area contributed by atoms with Crippen LogP contribution in [-0.2, 0) is 9.53 Å². The van der Waals surface area contributed by atoms with Crippen LogP contribution in [0.25, 0.3) is 0 Å². The first kappa shape index (κ1) is 23.9. The van der Waals surface area contributed by atoms with Gasteiger partial charge in [0.15, 0.2) is 18.7 Å². The second-order valence-electron chi connectivity index (χ2n) is 8.47. The van der Waals surface area contributed by atoms with Gasteiger partial charge in [-0.3, -0.25) is 14.7 Å². The zero-order valence-electron chi connectivity index (χ0n) is 19.0. The first-order valence-corrected chi connectivity index (χ1v) is 11.1. The number of nitriles is 1. The van der Waals surface area contributed by atoms with Gasteiger partial charge >= 0.3 is 6.09 Å². The number of benzene rings is 1. The van der Waals surface area contributed by atoms with Crippen molar-refractivity contribution in [1.82, 2.24) is 15.1 Å². The summed E-state index contributed by atoms with van der Waals surface area (Å²) in [7, 11) is 1.40. The summed E-state index contributed by atoms with van der Waals surface area (Å²) in [6.45, 7) is 0.405. The number of aromatic amines is 1. The molecule has 184 valence electrons. The van der Waals surface area contributed by atoms with Gasteiger partial charge in [-0.15, -0.1) is 0 Å². The summed E-state index contributed by atoms with van der Waals surface area (Å²) in [6, 6.07) is 6.51. The molecule has 1 aliphatic heterocycles. The van der Waals surface area contributed by atoms with Crippen molar-refractivity contribution < 1.29 is 33.7 Å². The van der Waals surface area contributed by atoms with E-state index in [2.05, 4.69) is 21.6 Å². The third-order valence-electron chi connectivity index (χ3n) is 6.09. The van der Waals surface area contributed by atoms with Gasteiger partial charge in [0, 0.05) is 42.9 Å². The maximum Gasteiger partial charge on any atom is 0.410 e. The molecule has 2 atom stereocenters. The lowest BCUT2D eigenvalue weighted by molar-refractivity contribution is -0.118. The Hall–Kier alpha value is -4.27. The molecule has 2 fully saturated rings. The van der Waals surface area contributed by atoms with E-state index in [1.54, 1.807) is 6.07 Å². The Balaban J connectivity index is 1.26. The van der Waals surface area contributed by atoms with Crippen LogP contribution < -0.4 is 14.8 Å². The molecule has 0 radical (unpaired) electrons. The lowest BCUT2D eigenvalue weighted by atomic mass is 10.0. The van der Waals surface area contributed by atoms with Crippen molar-refractivity contribution in [3.05, 3.63) is 29.5 Å². The number of methoxy groups -OCH3 is 1. The first-order valence-electron chi connectivity index (χ1n) is 11.1. The fourth-order valence-corrected chi connectivity index (χ4v) is 4.13. The first-order chi connectivity index (χ1) is 16.9. The number of aromatic nitrogens is 2. The fraction of sp³-hybridized carbons (Fsp3) is 0.435. The standard InChI is InChI=1S/C23H25N5O7/c1-33-16-5-19(30)17(11-29)20(6-16)34-12-22(31)25-21-7-18(26-27-21)14-2-3-15(4-14)35-23(32)28-9-13(8-24)10-28/h5-7,11,13-15,30H,2-4,9-10,12H2,1H3,(H2,25,26,27,31)/t14-,15+/m0/s1. The van der Waals surface area contributed by atoms with E-state index >= 15 is 0 Å². The van der Waals surface area contributed by atoms with Gasteiger partial charge < -0.3 is 29.5 Å². The van der Waals surface area contributed by atoms with E-state index in [4.69, 9.17) is 19.5 Å². The van der Waals surface area contributed by atoms with Gasteiger partial charge in [-0.1, -0.05) is 0 Å². The molecule has 2 aromatic rings. The van der Waals surface area contributed by atoms with Crippen molar-refractivity contribution in [2.45, 2.75) is 31.3 Å². The highest BCUT2D eigenvalue weighted by molar-refractivity contribution is 5.91. The van der Waals surface area contributed by atoms with Crippen molar-refractivity contribution in [2.75, 3.05) is 32.1 Å². The minimum absolute atomic E-state index is 0.0163. The van der Waals surface area contributed by atoms with Gasteiger partial charge in [0.25, 0.3) is 5.91 Å². The fourth-order valence-electron chi connectivity index (χ4n) is 4.13. The number of aromatic hydroxyl groups is 1. The van der Waals surface area contributed by atoms with Crippen LogP contribution in [0.2, 0.25) is 0 Å². The number of aldehydes is 1. The van der Waals surface area contributed by atoms with Crippen LogP contribution in [0, 0.1) is 17.2 Å². The van der Waals surface area contributed by atoms with E-state index in [0.717, 1.165) is 12.1 Å². The SMILES string of the molecule is COc1cc(O)c(C=O)c(OCC(=O)Nc2cc([C@H]3CC[C@@H](OC(=O)N4CC(C#N)C4)C3)[nH]n2)c1. The van der Waals surface area contributed by atoms with Crippen LogP contribution in [0.15, 0.2) is 18.2 Å². The number of likely N-dealkylation sites (tertiary alicyclic amines) is 1. The quantitative estimate of drug-likeness (QED) is 0.477. The maximum atomic E-state index is 12.3. The topological polar surface area (TPSA) is 167 Å². The molecule has 3 N–H and O–H groups in total. The Labute approximate surface area is 200 Å². The molecule has 1 aromatic carbocycles. The number of carbonyl (C=O) groups is 3. The normalized spacial score (nSPS) is 19.4. The molecular formula is C23H25N5O7. The third kappa shape index (κ3) is 5.46. The Morgan fingerprint density at radius 3 is 2.86 bits per heavy atom. The molecule has 12 heteroatoms. The van der Waals surface area contributed by atoms with Crippen molar-refractivity contribution >= 4 is 24.1 Å².